The van der Waals surface area contributed by atoms with Crippen molar-refractivity contribution in [2.24, 2.45) is 0 Å². The zero-order chi connectivity index (χ0) is 20.0. The quantitative estimate of drug-likeness (QED) is 0.374. The fourth-order valence-corrected chi connectivity index (χ4v) is 2.34. The molecule has 0 radical (unpaired) electrons. The monoisotopic (exact) mass is 390 g/mol. The Morgan fingerprint density at radius 1 is 0.607 bits per heavy atom. The van der Waals surface area contributed by atoms with E-state index < -0.39 is 0 Å². The second-order valence-corrected chi connectivity index (χ2v) is 5.75. The van der Waals surface area contributed by atoms with Crippen LogP contribution in [0.5, 0.6) is 11.5 Å². The summed E-state index contributed by atoms with van der Waals surface area (Å²) in [5.41, 5.74) is 1.13. The number of benzene rings is 2. The largest absolute Gasteiger partial charge is 0.491 e. The molecular weight excluding hydrogens is 364 g/mol. The van der Waals surface area contributed by atoms with E-state index in [1.54, 1.807) is 48.5 Å². The maximum atomic E-state index is 12.6. The van der Waals surface area contributed by atoms with Gasteiger partial charge >= 0.3 is 0 Å². The Balaban J connectivity index is 1.80. The molecule has 2 aromatic rings. The van der Waals surface area contributed by atoms with Crippen LogP contribution in [-0.4, -0.2) is 68.9 Å². The van der Waals surface area contributed by atoms with Crippen molar-refractivity contribution in [3.8, 4) is 11.5 Å². The van der Waals surface area contributed by atoms with Crippen molar-refractivity contribution in [2.75, 3.05) is 52.9 Å². The lowest BCUT2D eigenvalue weighted by molar-refractivity contribution is 0.0705. The lowest BCUT2D eigenvalue weighted by atomic mass is 10.0. The highest BCUT2D eigenvalue weighted by atomic mass is 16.5. The fourth-order valence-electron chi connectivity index (χ4n) is 2.34. The van der Waals surface area contributed by atoms with Gasteiger partial charge < -0.3 is 29.2 Å². The molecule has 0 aliphatic rings. The van der Waals surface area contributed by atoms with Crippen molar-refractivity contribution in [3.63, 3.8) is 0 Å². The van der Waals surface area contributed by atoms with E-state index in [1.807, 2.05) is 0 Å². The van der Waals surface area contributed by atoms with Gasteiger partial charge in [0.15, 0.2) is 5.78 Å². The summed E-state index contributed by atoms with van der Waals surface area (Å²) in [6, 6.07) is 13.8. The minimum absolute atomic E-state index is 0.0110. The predicted molar refractivity (Wildman–Crippen MR) is 103 cm³/mol. The minimum atomic E-state index is -0.0874. The van der Waals surface area contributed by atoms with E-state index in [9.17, 15) is 4.79 Å². The molecule has 0 aliphatic carbocycles. The van der Waals surface area contributed by atoms with Crippen LogP contribution >= 0.6 is 0 Å². The molecule has 152 valence electrons. The first kappa shape index (κ1) is 21.8. The van der Waals surface area contributed by atoms with E-state index in [4.69, 9.17) is 29.2 Å². The molecule has 0 atom stereocenters. The molecule has 0 aliphatic heterocycles. The van der Waals surface area contributed by atoms with Gasteiger partial charge in [-0.15, -0.1) is 0 Å². The van der Waals surface area contributed by atoms with Crippen LogP contribution in [0.15, 0.2) is 48.5 Å². The number of ether oxygens (including phenoxy) is 4. The topological polar surface area (TPSA) is 94.5 Å². The first-order valence-corrected chi connectivity index (χ1v) is 9.12. The molecule has 2 rings (SSSR count). The molecule has 0 unspecified atom stereocenters. The predicted octanol–water partition coefficient (Wildman–Crippen LogP) is 1.69. The fraction of sp³-hybridized carbons (Fsp3) is 0.381. The number of aliphatic hydroxyl groups is 2. The molecular formula is C21H26O7. The highest BCUT2D eigenvalue weighted by Gasteiger charge is 2.09. The molecule has 2 aromatic carbocycles. The third-order valence-electron chi connectivity index (χ3n) is 3.70. The Morgan fingerprint density at radius 3 is 1.36 bits per heavy atom. The second kappa shape index (κ2) is 12.9. The van der Waals surface area contributed by atoms with Gasteiger partial charge in [-0.05, 0) is 48.5 Å². The molecule has 7 nitrogen and oxygen atoms in total. The van der Waals surface area contributed by atoms with Gasteiger partial charge in [0.1, 0.15) is 24.7 Å². The highest BCUT2D eigenvalue weighted by molar-refractivity contribution is 6.09. The molecule has 0 saturated carbocycles. The Bertz CT molecular complexity index is 623. The summed E-state index contributed by atoms with van der Waals surface area (Å²) in [5.74, 6) is 1.21. The van der Waals surface area contributed by atoms with Gasteiger partial charge in [0, 0.05) is 11.1 Å². The number of carbonyl (C=O) groups is 1. The van der Waals surface area contributed by atoms with Gasteiger partial charge in [0.2, 0.25) is 0 Å². The van der Waals surface area contributed by atoms with Crippen molar-refractivity contribution in [3.05, 3.63) is 59.7 Å². The lowest BCUT2D eigenvalue weighted by Gasteiger charge is -2.08. The van der Waals surface area contributed by atoms with Gasteiger partial charge in [0.05, 0.1) is 39.6 Å². The number of hydrogen-bond acceptors (Lipinski definition) is 7. The summed E-state index contributed by atoms with van der Waals surface area (Å²) in [5, 5.41) is 17.2. The molecule has 28 heavy (non-hydrogen) atoms. The number of rotatable bonds is 14. The summed E-state index contributed by atoms with van der Waals surface area (Å²) < 4.78 is 21.3. The van der Waals surface area contributed by atoms with Crippen molar-refractivity contribution < 1.29 is 34.0 Å². The zero-order valence-electron chi connectivity index (χ0n) is 15.7. The van der Waals surface area contributed by atoms with E-state index in [1.165, 1.54) is 0 Å². The standard InChI is InChI=1S/C21H26O7/c22-9-11-25-13-15-27-19-5-1-17(2-6-19)21(24)18-3-7-20(8-4-18)28-16-14-26-12-10-23/h1-8,22-23H,9-16H2. The van der Waals surface area contributed by atoms with Crippen molar-refractivity contribution in [1.82, 2.24) is 0 Å². The molecule has 7 heteroatoms. The van der Waals surface area contributed by atoms with Gasteiger partial charge in [-0.25, -0.2) is 0 Å². The van der Waals surface area contributed by atoms with Crippen LogP contribution in [0.25, 0.3) is 0 Å². The van der Waals surface area contributed by atoms with Crippen molar-refractivity contribution in [2.45, 2.75) is 0 Å². The molecule has 2 N–H and O–H groups in total. The van der Waals surface area contributed by atoms with Gasteiger partial charge in [-0.3, -0.25) is 4.79 Å². The summed E-state index contributed by atoms with van der Waals surface area (Å²) in [7, 11) is 0. The van der Waals surface area contributed by atoms with E-state index in [-0.39, 0.29) is 32.2 Å². The van der Waals surface area contributed by atoms with Crippen LogP contribution in [0.2, 0.25) is 0 Å². The van der Waals surface area contributed by atoms with Gasteiger partial charge in [-0.1, -0.05) is 0 Å². The first-order valence-electron chi connectivity index (χ1n) is 9.12. The molecule has 0 heterocycles. The van der Waals surface area contributed by atoms with Crippen LogP contribution in [0.4, 0.5) is 0 Å². The van der Waals surface area contributed by atoms with Crippen LogP contribution in [0.3, 0.4) is 0 Å². The average Bonchev–Trinajstić information content (AvgIpc) is 2.74. The molecule has 0 spiro atoms. The summed E-state index contributed by atoms with van der Waals surface area (Å²) in [6.45, 7) is 2.09. The minimum Gasteiger partial charge on any atom is -0.491 e. The van der Waals surface area contributed by atoms with Crippen LogP contribution < -0.4 is 9.47 Å². The summed E-state index contributed by atoms with van der Waals surface area (Å²) >= 11 is 0. The van der Waals surface area contributed by atoms with Crippen LogP contribution in [0, 0.1) is 0 Å². The van der Waals surface area contributed by atoms with E-state index >= 15 is 0 Å². The highest BCUT2D eigenvalue weighted by Crippen LogP contribution is 2.18. The third kappa shape index (κ3) is 7.66. The number of aliphatic hydroxyl groups excluding tert-OH is 2. The van der Waals surface area contributed by atoms with Gasteiger partial charge in [-0.2, -0.15) is 0 Å². The maximum absolute atomic E-state index is 12.6. The number of ketones is 1. The molecule has 0 saturated heterocycles. The van der Waals surface area contributed by atoms with Crippen molar-refractivity contribution >= 4 is 5.78 Å². The molecule has 0 amide bonds. The normalized spacial score (nSPS) is 10.6. The van der Waals surface area contributed by atoms with Crippen molar-refractivity contribution in [1.29, 1.82) is 0 Å². The average molecular weight is 390 g/mol. The smallest absolute Gasteiger partial charge is 0.193 e. The molecule has 0 bridgehead atoms. The van der Waals surface area contributed by atoms with Crippen LogP contribution in [0.1, 0.15) is 15.9 Å². The number of hydrogen-bond donors (Lipinski definition) is 2. The van der Waals surface area contributed by atoms with Gasteiger partial charge in [0.25, 0.3) is 0 Å². The zero-order valence-corrected chi connectivity index (χ0v) is 15.7. The summed E-state index contributed by atoms with van der Waals surface area (Å²) in [6.07, 6.45) is 0. The number of carbonyl (C=O) groups excluding carboxylic acids is 1. The maximum Gasteiger partial charge on any atom is 0.193 e. The van der Waals surface area contributed by atoms with E-state index in [0.29, 0.717) is 49.1 Å². The first-order chi connectivity index (χ1) is 13.7. The Kier molecular flexibility index (Phi) is 10.0. The summed E-state index contributed by atoms with van der Waals surface area (Å²) in [4.78, 5) is 12.6. The molecule has 0 fully saturated rings. The Labute approximate surface area is 164 Å². The van der Waals surface area contributed by atoms with E-state index in [2.05, 4.69) is 0 Å². The SMILES string of the molecule is O=C(c1ccc(OCCOCCO)cc1)c1ccc(OCCOCCO)cc1. The van der Waals surface area contributed by atoms with E-state index in [0.717, 1.165) is 0 Å². The lowest BCUT2D eigenvalue weighted by Crippen LogP contribution is -2.09. The Morgan fingerprint density at radius 2 is 1.00 bits per heavy atom. The second-order valence-electron chi connectivity index (χ2n) is 5.75. The van der Waals surface area contributed by atoms with Crippen LogP contribution in [-0.2, 0) is 9.47 Å². The molecule has 0 aromatic heterocycles. The Hall–Kier alpha value is -2.45. The third-order valence-corrected chi connectivity index (χ3v) is 3.70.